The fourth-order valence-electron chi connectivity index (χ4n) is 1.52. The normalized spacial score (nSPS) is 9.85. The number of carbonyl (C=O) groups is 1. The van der Waals surface area contributed by atoms with Crippen molar-refractivity contribution in [3.63, 3.8) is 0 Å². The van der Waals surface area contributed by atoms with Crippen molar-refractivity contribution in [3.05, 3.63) is 52.4 Å². The fourth-order valence-corrected chi connectivity index (χ4v) is 1.66. The summed E-state index contributed by atoms with van der Waals surface area (Å²) in [5.41, 5.74) is 0.0185. The van der Waals surface area contributed by atoms with E-state index in [1.165, 1.54) is 24.3 Å². The summed E-state index contributed by atoms with van der Waals surface area (Å²) in [5.74, 6) is -1.98. The van der Waals surface area contributed by atoms with Gasteiger partial charge in [0.2, 0.25) is 0 Å². The molecule has 0 aliphatic carbocycles. The molecule has 0 radical (unpaired) electrons. The molecular formula is C13H7ClFN3O2. The number of rotatable bonds is 3. The van der Waals surface area contributed by atoms with E-state index in [2.05, 4.69) is 10.3 Å². The molecular weight excluding hydrogens is 285 g/mol. The van der Waals surface area contributed by atoms with E-state index < -0.39 is 11.8 Å². The number of carboxylic acid groups (broad SMARTS) is 1. The number of hydrogen-bond acceptors (Lipinski definition) is 4. The van der Waals surface area contributed by atoms with Crippen LogP contribution in [0.2, 0.25) is 5.15 Å². The standard InChI is InChI=1S/C13H7ClFN3O2/c14-11-4-2-8(13(19)20)12(18-11)17-10-3-1-7(6-16)5-9(10)15/h1-5H,(H,17,18)(H,19,20). The van der Waals surface area contributed by atoms with Crippen LogP contribution in [0.1, 0.15) is 15.9 Å². The van der Waals surface area contributed by atoms with Crippen LogP contribution < -0.4 is 5.32 Å². The Morgan fingerprint density at radius 2 is 2.15 bits per heavy atom. The molecule has 0 fully saturated rings. The van der Waals surface area contributed by atoms with Gasteiger partial charge in [-0.05, 0) is 30.3 Å². The number of hydrogen-bond donors (Lipinski definition) is 2. The maximum Gasteiger partial charge on any atom is 0.339 e. The number of pyridine rings is 1. The van der Waals surface area contributed by atoms with Crippen molar-refractivity contribution >= 4 is 29.1 Å². The predicted molar refractivity (Wildman–Crippen MR) is 70.6 cm³/mol. The van der Waals surface area contributed by atoms with Gasteiger partial charge in [0.05, 0.1) is 17.3 Å². The number of carboxylic acids is 1. The molecule has 0 atom stereocenters. The molecule has 100 valence electrons. The molecule has 0 saturated carbocycles. The van der Waals surface area contributed by atoms with Gasteiger partial charge in [-0.25, -0.2) is 14.2 Å². The first-order chi connectivity index (χ1) is 9.51. The maximum absolute atomic E-state index is 13.7. The largest absolute Gasteiger partial charge is 0.478 e. The fraction of sp³-hybridized carbons (Fsp3) is 0. The molecule has 0 saturated heterocycles. The first-order valence-electron chi connectivity index (χ1n) is 5.38. The SMILES string of the molecule is N#Cc1ccc(Nc2nc(Cl)ccc2C(=O)O)c(F)c1. The van der Waals surface area contributed by atoms with E-state index >= 15 is 0 Å². The number of nitrogens with one attached hydrogen (secondary N) is 1. The number of nitriles is 1. The van der Waals surface area contributed by atoms with Gasteiger partial charge >= 0.3 is 5.97 Å². The average molecular weight is 292 g/mol. The van der Waals surface area contributed by atoms with Crippen LogP contribution in [0.25, 0.3) is 0 Å². The third-order valence-corrected chi connectivity index (χ3v) is 2.65. The molecule has 0 amide bonds. The van der Waals surface area contributed by atoms with Crippen LogP contribution in [0.5, 0.6) is 0 Å². The summed E-state index contributed by atoms with van der Waals surface area (Å²) in [4.78, 5) is 14.9. The maximum atomic E-state index is 13.7. The monoisotopic (exact) mass is 291 g/mol. The molecule has 0 aliphatic heterocycles. The quantitative estimate of drug-likeness (QED) is 0.848. The van der Waals surface area contributed by atoms with E-state index in [4.69, 9.17) is 22.0 Å². The molecule has 7 heteroatoms. The lowest BCUT2D eigenvalue weighted by molar-refractivity contribution is 0.0697. The van der Waals surface area contributed by atoms with Crippen molar-refractivity contribution in [1.29, 1.82) is 5.26 Å². The summed E-state index contributed by atoms with van der Waals surface area (Å²) in [6.45, 7) is 0. The second-order valence-electron chi connectivity index (χ2n) is 3.77. The molecule has 2 aromatic rings. The van der Waals surface area contributed by atoms with Crippen molar-refractivity contribution in [2.75, 3.05) is 5.32 Å². The Labute approximate surface area is 118 Å². The Balaban J connectivity index is 2.42. The van der Waals surface area contributed by atoms with Crippen LogP contribution in [0.3, 0.4) is 0 Å². The summed E-state index contributed by atoms with van der Waals surface area (Å²) >= 11 is 5.69. The zero-order valence-electron chi connectivity index (χ0n) is 9.89. The van der Waals surface area contributed by atoms with Gasteiger partial charge in [-0.3, -0.25) is 0 Å². The first-order valence-corrected chi connectivity index (χ1v) is 5.75. The van der Waals surface area contributed by atoms with Gasteiger partial charge < -0.3 is 10.4 Å². The second-order valence-corrected chi connectivity index (χ2v) is 4.15. The highest BCUT2D eigenvalue weighted by Crippen LogP contribution is 2.24. The number of anilines is 2. The van der Waals surface area contributed by atoms with E-state index in [-0.39, 0.29) is 27.8 Å². The van der Waals surface area contributed by atoms with Crippen LogP contribution in [-0.4, -0.2) is 16.1 Å². The van der Waals surface area contributed by atoms with E-state index in [9.17, 15) is 9.18 Å². The molecule has 2 N–H and O–H groups in total. The van der Waals surface area contributed by atoms with Gasteiger partial charge in [0.25, 0.3) is 0 Å². The van der Waals surface area contributed by atoms with E-state index in [1.807, 2.05) is 0 Å². The van der Waals surface area contributed by atoms with Crippen LogP contribution in [0.15, 0.2) is 30.3 Å². The lowest BCUT2D eigenvalue weighted by atomic mass is 10.2. The smallest absolute Gasteiger partial charge is 0.339 e. The molecule has 20 heavy (non-hydrogen) atoms. The average Bonchev–Trinajstić information content (AvgIpc) is 2.40. The highest BCUT2D eigenvalue weighted by Gasteiger charge is 2.14. The van der Waals surface area contributed by atoms with Gasteiger partial charge in [-0.2, -0.15) is 5.26 Å². The molecule has 0 aliphatic rings. The molecule has 0 bridgehead atoms. The Hall–Kier alpha value is -2.65. The van der Waals surface area contributed by atoms with Crippen molar-refractivity contribution < 1.29 is 14.3 Å². The minimum absolute atomic E-state index is 0.00117. The topological polar surface area (TPSA) is 86.0 Å². The molecule has 0 spiro atoms. The van der Waals surface area contributed by atoms with Gasteiger partial charge in [-0.15, -0.1) is 0 Å². The summed E-state index contributed by atoms with van der Waals surface area (Å²) in [6, 6.07) is 8.14. The van der Waals surface area contributed by atoms with Crippen molar-refractivity contribution in [2.24, 2.45) is 0 Å². The third-order valence-electron chi connectivity index (χ3n) is 2.44. The summed E-state index contributed by atoms with van der Waals surface area (Å²) in [5, 5.41) is 20.3. The zero-order chi connectivity index (χ0) is 14.7. The van der Waals surface area contributed by atoms with E-state index in [1.54, 1.807) is 6.07 Å². The third kappa shape index (κ3) is 2.84. The zero-order valence-corrected chi connectivity index (χ0v) is 10.6. The Bertz CT molecular complexity index is 728. The van der Waals surface area contributed by atoms with E-state index in [0.717, 1.165) is 6.07 Å². The minimum Gasteiger partial charge on any atom is -0.478 e. The molecule has 5 nitrogen and oxygen atoms in total. The molecule has 1 aromatic heterocycles. The highest BCUT2D eigenvalue weighted by atomic mass is 35.5. The van der Waals surface area contributed by atoms with Crippen molar-refractivity contribution in [3.8, 4) is 6.07 Å². The van der Waals surface area contributed by atoms with Crippen LogP contribution in [-0.2, 0) is 0 Å². The van der Waals surface area contributed by atoms with Gasteiger partial charge in [0.15, 0.2) is 0 Å². The van der Waals surface area contributed by atoms with Crippen molar-refractivity contribution in [1.82, 2.24) is 4.98 Å². The van der Waals surface area contributed by atoms with Crippen LogP contribution in [0.4, 0.5) is 15.9 Å². The summed E-state index contributed by atoms with van der Waals surface area (Å²) < 4.78 is 13.7. The number of halogens is 2. The van der Waals surface area contributed by atoms with E-state index in [0.29, 0.717) is 0 Å². The van der Waals surface area contributed by atoms with Crippen molar-refractivity contribution in [2.45, 2.75) is 0 Å². The minimum atomic E-state index is -1.22. The Kier molecular flexibility index (Phi) is 3.82. The number of nitrogens with zero attached hydrogens (tertiary/aromatic N) is 2. The Morgan fingerprint density at radius 1 is 1.40 bits per heavy atom. The van der Waals surface area contributed by atoms with Gasteiger partial charge in [-0.1, -0.05) is 11.6 Å². The molecule has 0 unspecified atom stereocenters. The lowest BCUT2D eigenvalue weighted by Gasteiger charge is -2.09. The van der Waals surface area contributed by atoms with Crippen LogP contribution >= 0.6 is 11.6 Å². The number of aromatic carboxylic acids is 1. The highest BCUT2D eigenvalue weighted by molar-refractivity contribution is 6.29. The second kappa shape index (κ2) is 5.55. The van der Waals surface area contributed by atoms with Crippen LogP contribution in [0, 0.1) is 17.1 Å². The first kappa shape index (κ1) is 13.8. The molecule has 2 rings (SSSR count). The molecule has 1 aromatic carbocycles. The summed E-state index contributed by atoms with van der Waals surface area (Å²) in [7, 11) is 0. The predicted octanol–water partition coefficient (Wildman–Crippen LogP) is 3.19. The molecule has 1 heterocycles. The van der Waals surface area contributed by atoms with Gasteiger partial charge in [0, 0.05) is 0 Å². The number of benzene rings is 1. The lowest BCUT2D eigenvalue weighted by Crippen LogP contribution is -2.06. The Morgan fingerprint density at radius 3 is 2.75 bits per heavy atom. The number of aromatic nitrogens is 1. The summed E-state index contributed by atoms with van der Waals surface area (Å²) in [6.07, 6.45) is 0. The van der Waals surface area contributed by atoms with Gasteiger partial charge in [0.1, 0.15) is 22.4 Å².